The van der Waals surface area contributed by atoms with E-state index in [9.17, 15) is 4.79 Å². The van der Waals surface area contributed by atoms with E-state index in [-0.39, 0.29) is 5.91 Å². The zero-order valence-electron chi connectivity index (χ0n) is 10.9. The van der Waals surface area contributed by atoms with Gasteiger partial charge < -0.3 is 10.2 Å². The van der Waals surface area contributed by atoms with Crippen molar-refractivity contribution < 1.29 is 4.79 Å². The van der Waals surface area contributed by atoms with E-state index in [2.05, 4.69) is 34.4 Å². The van der Waals surface area contributed by atoms with Crippen LogP contribution in [0.2, 0.25) is 0 Å². The second kappa shape index (κ2) is 4.64. The van der Waals surface area contributed by atoms with E-state index in [1.54, 1.807) is 7.05 Å². The Morgan fingerprint density at radius 3 is 2.71 bits per heavy atom. The van der Waals surface area contributed by atoms with Crippen molar-refractivity contribution in [3.63, 3.8) is 0 Å². The fourth-order valence-electron chi connectivity index (χ4n) is 2.68. The lowest BCUT2D eigenvalue weighted by Gasteiger charge is -2.26. The normalized spacial score (nSPS) is 32.9. The van der Waals surface area contributed by atoms with Gasteiger partial charge in [0.25, 0.3) is 5.91 Å². The van der Waals surface area contributed by atoms with Crippen LogP contribution in [0.4, 0.5) is 0 Å². The van der Waals surface area contributed by atoms with Crippen LogP contribution in [0.1, 0.15) is 33.1 Å². The molecule has 2 rings (SSSR count). The first kappa shape index (κ1) is 12.4. The number of hydrogen-bond donors (Lipinski definition) is 2. The molecule has 1 amide bonds. The molecular weight excluding hydrogens is 216 g/mol. The molecule has 0 aliphatic carbocycles. The predicted octanol–water partition coefficient (Wildman–Crippen LogP) is 0.325. The summed E-state index contributed by atoms with van der Waals surface area (Å²) in [6.45, 7) is 6.46. The lowest BCUT2D eigenvalue weighted by molar-refractivity contribution is -0.124. The van der Waals surface area contributed by atoms with Crippen LogP contribution in [-0.4, -0.2) is 48.5 Å². The average Bonchev–Trinajstić information content (AvgIpc) is 2.49. The topological polar surface area (TPSA) is 56.7 Å². The molecule has 0 bridgehead atoms. The largest absolute Gasteiger partial charge is 0.342 e. The van der Waals surface area contributed by atoms with Crippen molar-refractivity contribution in [1.82, 2.24) is 15.5 Å². The SMILES string of the molecule is CN=C1NC(=O)C2(CCCN(C(C)C)CC2)N1. The third kappa shape index (κ3) is 2.29. The molecule has 2 heterocycles. The lowest BCUT2D eigenvalue weighted by atomic mass is 9.91. The van der Waals surface area contributed by atoms with Crippen molar-refractivity contribution in [2.24, 2.45) is 4.99 Å². The third-order valence-corrected chi connectivity index (χ3v) is 3.85. The minimum Gasteiger partial charge on any atom is -0.342 e. The van der Waals surface area contributed by atoms with Gasteiger partial charge in [-0.2, -0.15) is 0 Å². The number of amides is 1. The van der Waals surface area contributed by atoms with Gasteiger partial charge in [0.1, 0.15) is 5.54 Å². The van der Waals surface area contributed by atoms with E-state index >= 15 is 0 Å². The first-order chi connectivity index (χ1) is 8.07. The first-order valence-electron chi connectivity index (χ1n) is 6.38. The summed E-state index contributed by atoms with van der Waals surface area (Å²) in [7, 11) is 1.69. The van der Waals surface area contributed by atoms with Crippen LogP contribution in [-0.2, 0) is 4.79 Å². The number of aliphatic imine (C=N–C) groups is 1. The number of nitrogens with one attached hydrogen (secondary N) is 2. The summed E-state index contributed by atoms with van der Waals surface area (Å²) in [6.07, 6.45) is 2.80. The van der Waals surface area contributed by atoms with Crippen molar-refractivity contribution in [3.05, 3.63) is 0 Å². The molecule has 2 N–H and O–H groups in total. The molecule has 17 heavy (non-hydrogen) atoms. The van der Waals surface area contributed by atoms with Gasteiger partial charge >= 0.3 is 0 Å². The van der Waals surface area contributed by atoms with Gasteiger partial charge in [-0.05, 0) is 39.7 Å². The number of carbonyl (C=O) groups excluding carboxylic acids is 1. The molecule has 0 radical (unpaired) electrons. The highest BCUT2D eigenvalue weighted by molar-refractivity contribution is 6.09. The van der Waals surface area contributed by atoms with E-state index in [1.165, 1.54) is 0 Å². The highest BCUT2D eigenvalue weighted by Gasteiger charge is 2.45. The summed E-state index contributed by atoms with van der Waals surface area (Å²) in [5, 5.41) is 6.09. The summed E-state index contributed by atoms with van der Waals surface area (Å²) in [4.78, 5) is 18.5. The number of nitrogens with zero attached hydrogens (tertiary/aromatic N) is 2. The van der Waals surface area contributed by atoms with Crippen LogP contribution >= 0.6 is 0 Å². The molecule has 2 aliphatic heterocycles. The molecule has 2 aliphatic rings. The second-order valence-corrected chi connectivity index (χ2v) is 5.22. The smallest absolute Gasteiger partial charge is 0.252 e. The van der Waals surface area contributed by atoms with E-state index in [0.29, 0.717) is 12.0 Å². The standard InChI is InChI=1S/C12H22N4O/c1-9(2)16-7-4-5-12(6-8-16)10(17)14-11(13-3)15-12/h9H,4-8H2,1-3H3,(H2,13,14,15,17). The van der Waals surface area contributed by atoms with Crippen LogP contribution in [0, 0.1) is 0 Å². The van der Waals surface area contributed by atoms with Crippen LogP contribution < -0.4 is 10.6 Å². The zero-order chi connectivity index (χ0) is 12.5. The Kier molecular flexibility index (Phi) is 3.38. The van der Waals surface area contributed by atoms with Crippen LogP contribution in [0.15, 0.2) is 4.99 Å². The fourth-order valence-corrected chi connectivity index (χ4v) is 2.68. The molecule has 0 aromatic carbocycles. The molecule has 2 saturated heterocycles. The van der Waals surface area contributed by atoms with Crippen molar-refractivity contribution in [2.45, 2.75) is 44.7 Å². The molecule has 1 atom stereocenters. The monoisotopic (exact) mass is 238 g/mol. The number of carbonyl (C=O) groups is 1. The van der Waals surface area contributed by atoms with Crippen molar-refractivity contribution in [2.75, 3.05) is 20.1 Å². The highest BCUT2D eigenvalue weighted by atomic mass is 16.2. The van der Waals surface area contributed by atoms with E-state index in [1.807, 2.05) is 0 Å². The van der Waals surface area contributed by atoms with E-state index in [0.717, 1.165) is 32.4 Å². The Morgan fingerprint density at radius 2 is 2.12 bits per heavy atom. The highest BCUT2D eigenvalue weighted by Crippen LogP contribution is 2.26. The van der Waals surface area contributed by atoms with Crippen LogP contribution in [0.3, 0.4) is 0 Å². The quantitative estimate of drug-likeness (QED) is 0.692. The van der Waals surface area contributed by atoms with Crippen molar-refractivity contribution in [1.29, 1.82) is 0 Å². The Labute approximate surface area is 103 Å². The molecule has 2 fully saturated rings. The maximum Gasteiger partial charge on any atom is 0.252 e. The Bertz CT molecular complexity index is 339. The third-order valence-electron chi connectivity index (χ3n) is 3.85. The van der Waals surface area contributed by atoms with Gasteiger partial charge in [0.15, 0.2) is 5.96 Å². The van der Waals surface area contributed by atoms with Gasteiger partial charge in [-0.1, -0.05) is 0 Å². The number of likely N-dealkylation sites (tertiary alicyclic amines) is 1. The van der Waals surface area contributed by atoms with Gasteiger partial charge in [0.05, 0.1) is 0 Å². The molecule has 0 saturated carbocycles. The minimum atomic E-state index is -0.418. The zero-order valence-corrected chi connectivity index (χ0v) is 10.9. The van der Waals surface area contributed by atoms with Gasteiger partial charge in [-0.3, -0.25) is 15.1 Å². The molecular formula is C12H22N4O. The lowest BCUT2D eigenvalue weighted by Crippen LogP contribution is -2.47. The molecule has 5 nitrogen and oxygen atoms in total. The Balaban J connectivity index is 2.10. The summed E-state index contributed by atoms with van der Waals surface area (Å²) in [6, 6.07) is 0.550. The summed E-state index contributed by atoms with van der Waals surface area (Å²) in [5.41, 5.74) is -0.418. The summed E-state index contributed by atoms with van der Waals surface area (Å²) >= 11 is 0. The van der Waals surface area contributed by atoms with Gasteiger partial charge in [-0.25, -0.2) is 0 Å². The fraction of sp³-hybridized carbons (Fsp3) is 0.833. The van der Waals surface area contributed by atoms with Crippen molar-refractivity contribution in [3.8, 4) is 0 Å². The number of rotatable bonds is 1. The second-order valence-electron chi connectivity index (χ2n) is 5.22. The Hall–Kier alpha value is -1.10. The molecule has 1 spiro atoms. The van der Waals surface area contributed by atoms with Gasteiger partial charge in [0.2, 0.25) is 0 Å². The maximum absolute atomic E-state index is 12.1. The van der Waals surface area contributed by atoms with E-state index in [4.69, 9.17) is 0 Å². The van der Waals surface area contributed by atoms with Crippen LogP contribution in [0.5, 0.6) is 0 Å². The number of guanidine groups is 1. The van der Waals surface area contributed by atoms with Gasteiger partial charge in [0, 0.05) is 19.6 Å². The summed E-state index contributed by atoms with van der Waals surface area (Å²) in [5.74, 6) is 0.705. The molecule has 0 aromatic rings. The predicted molar refractivity (Wildman–Crippen MR) is 67.9 cm³/mol. The molecule has 96 valence electrons. The molecule has 1 unspecified atom stereocenters. The summed E-state index contributed by atoms with van der Waals surface area (Å²) < 4.78 is 0. The number of hydrogen-bond acceptors (Lipinski definition) is 3. The first-order valence-corrected chi connectivity index (χ1v) is 6.38. The van der Waals surface area contributed by atoms with E-state index < -0.39 is 5.54 Å². The van der Waals surface area contributed by atoms with Gasteiger partial charge in [-0.15, -0.1) is 0 Å². The average molecular weight is 238 g/mol. The van der Waals surface area contributed by atoms with Crippen LogP contribution in [0.25, 0.3) is 0 Å². The molecule has 0 aromatic heterocycles. The maximum atomic E-state index is 12.1. The minimum absolute atomic E-state index is 0.0868. The Morgan fingerprint density at radius 1 is 1.35 bits per heavy atom. The van der Waals surface area contributed by atoms with Crippen molar-refractivity contribution >= 4 is 11.9 Å². The molecule has 5 heteroatoms.